The van der Waals surface area contributed by atoms with Crippen LogP contribution in [-0.2, 0) is 4.79 Å². The molecule has 0 aliphatic heterocycles. The van der Waals surface area contributed by atoms with Crippen molar-refractivity contribution in [3.05, 3.63) is 53.6 Å². The van der Waals surface area contributed by atoms with Gasteiger partial charge in [0.15, 0.2) is 0 Å². The van der Waals surface area contributed by atoms with Gasteiger partial charge >= 0.3 is 0 Å². The van der Waals surface area contributed by atoms with Crippen LogP contribution in [0.4, 0.5) is 5.69 Å². The monoisotopic (exact) mass is 469 g/mol. The van der Waals surface area contributed by atoms with Crippen LogP contribution in [-0.4, -0.2) is 42.9 Å². The van der Waals surface area contributed by atoms with Gasteiger partial charge < -0.3 is 15.5 Å². The second-order valence-electron chi connectivity index (χ2n) is 9.46. The lowest BCUT2D eigenvalue weighted by Crippen LogP contribution is -2.34. The average molecular weight is 470 g/mol. The van der Waals surface area contributed by atoms with Crippen molar-refractivity contribution >= 4 is 29.3 Å². The number of hydrogen-bond donors (Lipinski definition) is 2. The largest absolute Gasteiger partial charge is 0.352 e. The Labute approximate surface area is 203 Å². The third kappa shape index (κ3) is 10.0. The first-order valence-corrected chi connectivity index (χ1v) is 12.6. The number of hydrogen-bond acceptors (Lipinski definition) is 4. The van der Waals surface area contributed by atoms with Gasteiger partial charge in [-0.15, -0.1) is 0 Å². The molecule has 180 valence electrons. The highest BCUT2D eigenvalue weighted by atomic mass is 32.2. The van der Waals surface area contributed by atoms with Crippen molar-refractivity contribution in [1.29, 1.82) is 0 Å². The molecule has 0 heterocycles. The summed E-state index contributed by atoms with van der Waals surface area (Å²) in [6, 6.07) is 13.7. The molecule has 2 aromatic carbocycles. The fraction of sp³-hybridized carbons (Fsp3) is 0.481. The van der Waals surface area contributed by atoms with Gasteiger partial charge in [-0.25, -0.2) is 0 Å². The summed E-state index contributed by atoms with van der Waals surface area (Å²) in [5, 5.41) is 5.90. The first kappa shape index (κ1) is 26.9. The third-order valence-electron chi connectivity index (χ3n) is 4.98. The Morgan fingerprint density at radius 3 is 2.18 bits per heavy atom. The minimum Gasteiger partial charge on any atom is -0.352 e. The maximum Gasteiger partial charge on any atom is 0.251 e. The lowest BCUT2D eigenvalue weighted by Gasteiger charge is -2.26. The summed E-state index contributed by atoms with van der Waals surface area (Å²) in [4.78, 5) is 29.0. The normalized spacial score (nSPS) is 11.3. The molecule has 33 heavy (non-hydrogen) atoms. The fourth-order valence-corrected chi connectivity index (χ4v) is 4.56. The lowest BCUT2D eigenvalue weighted by atomic mass is 10.1. The summed E-state index contributed by atoms with van der Waals surface area (Å²) >= 11 is 1.57. The van der Waals surface area contributed by atoms with E-state index >= 15 is 0 Å². The van der Waals surface area contributed by atoms with Crippen molar-refractivity contribution in [2.45, 2.75) is 57.8 Å². The van der Waals surface area contributed by atoms with Crippen LogP contribution in [0.25, 0.3) is 0 Å². The van der Waals surface area contributed by atoms with E-state index in [1.807, 2.05) is 12.1 Å². The smallest absolute Gasteiger partial charge is 0.251 e. The van der Waals surface area contributed by atoms with Gasteiger partial charge in [0.2, 0.25) is 5.91 Å². The summed E-state index contributed by atoms with van der Waals surface area (Å²) in [7, 11) is 0. The Hall–Kier alpha value is -2.31. The summed E-state index contributed by atoms with van der Waals surface area (Å²) in [5.41, 5.74) is 2.40. The molecule has 0 aliphatic carbocycles. The van der Waals surface area contributed by atoms with Crippen molar-refractivity contribution in [3.8, 4) is 0 Å². The lowest BCUT2D eigenvalue weighted by molar-refractivity contribution is -0.114. The van der Waals surface area contributed by atoms with Crippen molar-refractivity contribution in [3.63, 3.8) is 0 Å². The Morgan fingerprint density at radius 1 is 0.970 bits per heavy atom. The van der Waals surface area contributed by atoms with Crippen LogP contribution in [0.5, 0.6) is 0 Å². The van der Waals surface area contributed by atoms with Gasteiger partial charge in [-0.2, -0.15) is 0 Å². The molecule has 0 aromatic heterocycles. The first-order chi connectivity index (χ1) is 15.6. The van der Waals surface area contributed by atoms with E-state index in [1.165, 1.54) is 12.5 Å². The molecule has 0 saturated carbocycles. The van der Waals surface area contributed by atoms with Crippen molar-refractivity contribution in [1.82, 2.24) is 10.2 Å². The topological polar surface area (TPSA) is 61.4 Å². The zero-order chi connectivity index (χ0) is 24.4. The number of benzene rings is 2. The molecular formula is C27H39N3O2S. The van der Waals surface area contributed by atoms with E-state index in [9.17, 15) is 9.59 Å². The molecule has 0 saturated heterocycles. The number of carbonyl (C=O) groups is 2. The van der Waals surface area contributed by atoms with E-state index < -0.39 is 0 Å². The van der Waals surface area contributed by atoms with Gasteiger partial charge in [-0.05, 0) is 62.1 Å². The minimum absolute atomic E-state index is 0.118. The van der Waals surface area contributed by atoms with Gasteiger partial charge in [-0.3, -0.25) is 9.59 Å². The number of carbonyl (C=O) groups excluding carboxylic acids is 2. The van der Waals surface area contributed by atoms with Crippen molar-refractivity contribution < 1.29 is 9.59 Å². The van der Waals surface area contributed by atoms with E-state index in [-0.39, 0.29) is 11.8 Å². The van der Waals surface area contributed by atoms with Gasteiger partial charge in [-0.1, -0.05) is 57.2 Å². The number of nitrogens with zero attached hydrogens (tertiary/aromatic N) is 1. The maximum atomic E-state index is 12.7. The second-order valence-corrected chi connectivity index (χ2v) is 10.6. The second kappa shape index (κ2) is 13.4. The number of anilines is 1. The summed E-state index contributed by atoms with van der Waals surface area (Å²) in [5.74, 6) is 0.977. The summed E-state index contributed by atoms with van der Waals surface area (Å²) in [6.45, 7) is 16.2. The fourth-order valence-electron chi connectivity index (χ4n) is 3.68. The number of rotatable bonds is 12. The van der Waals surface area contributed by atoms with Crippen LogP contribution in [0.1, 0.15) is 57.0 Å². The Bertz CT molecular complexity index is 900. The molecule has 0 fully saturated rings. The molecule has 5 nitrogen and oxygen atoms in total. The summed E-state index contributed by atoms with van der Waals surface area (Å²) in [6.07, 6.45) is 0.908. The van der Waals surface area contributed by atoms with Gasteiger partial charge in [0.05, 0.1) is 5.69 Å². The van der Waals surface area contributed by atoms with Crippen LogP contribution in [0, 0.1) is 18.8 Å². The Balaban J connectivity index is 1.99. The number of aryl methyl sites for hydroxylation is 1. The predicted octanol–water partition coefficient (Wildman–Crippen LogP) is 5.84. The molecule has 0 bridgehead atoms. The standard InChI is InChI=1S/C27H39N3O2S/c1-19(2)17-30(18-20(3)4)15-7-14-28-27(32)23-10-13-26(25(16-23)29-22(6)31)33-24-11-8-21(5)9-12-24/h8-13,16,19-20H,7,14-15,17-18H2,1-6H3,(H,28,32)(H,29,31). The third-order valence-corrected chi connectivity index (χ3v) is 6.07. The molecule has 2 amide bonds. The zero-order valence-electron chi connectivity index (χ0n) is 20.9. The van der Waals surface area contributed by atoms with Crippen LogP contribution in [0.2, 0.25) is 0 Å². The van der Waals surface area contributed by atoms with Gasteiger partial charge in [0.25, 0.3) is 5.91 Å². The van der Waals surface area contributed by atoms with Crippen molar-refractivity contribution in [2.75, 3.05) is 31.5 Å². The molecule has 6 heteroatoms. The van der Waals surface area contributed by atoms with Gasteiger partial charge in [0.1, 0.15) is 0 Å². The highest BCUT2D eigenvalue weighted by Crippen LogP contribution is 2.34. The molecule has 0 unspecified atom stereocenters. The van der Waals surface area contributed by atoms with Gasteiger partial charge in [0, 0.05) is 41.9 Å². The van der Waals surface area contributed by atoms with Crippen LogP contribution < -0.4 is 10.6 Å². The highest BCUT2D eigenvalue weighted by molar-refractivity contribution is 7.99. The highest BCUT2D eigenvalue weighted by Gasteiger charge is 2.13. The Kier molecular flexibility index (Phi) is 10.9. The SMILES string of the molecule is CC(=O)Nc1cc(C(=O)NCCCN(CC(C)C)CC(C)C)ccc1Sc1ccc(C)cc1. The average Bonchev–Trinajstić information content (AvgIpc) is 2.72. The summed E-state index contributed by atoms with van der Waals surface area (Å²) < 4.78 is 0. The van der Waals surface area contributed by atoms with Crippen LogP contribution in [0.15, 0.2) is 52.3 Å². The maximum absolute atomic E-state index is 12.7. The van der Waals surface area contributed by atoms with E-state index in [2.05, 4.69) is 74.4 Å². The molecular weight excluding hydrogens is 430 g/mol. The van der Waals surface area contributed by atoms with E-state index in [4.69, 9.17) is 0 Å². The number of nitrogens with one attached hydrogen (secondary N) is 2. The number of amides is 2. The van der Waals surface area contributed by atoms with Crippen LogP contribution >= 0.6 is 11.8 Å². The van der Waals surface area contributed by atoms with E-state index in [0.717, 1.165) is 35.8 Å². The molecule has 2 N–H and O–H groups in total. The zero-order valence-corrected chi connectivity index (χ0v) is 21.7. The van der Waals surface area contributed by atoms with E-state index in [1.54, 1.807) is 17.8 Å². The molecule has 0 radical (unpaired) electrons. The minimum atomic E-state index is -0.159. The molecule has 2 rings (SSSR count). The molecule has 0 spiro atoms. The quantitative estimate of drug-likeness (QED) is 0.384. The predicted molar refractivity (Wildman–Crippen MR) is 139 cm³/mol. The van der Waals surface area contributed by atoms with Crippen molar-refractivity contribution in [2.24, 2.45) is 11.8 Å². The molecule has 0 atom stereocenters. The molecule has 0 aliphatic rings. The van der Waals surface area contributed by atoms with E-state index in [0.29, 0.717) is 29.6 Å². The van der Waals surface area contributed by atoms with Crippen LogP contribution in [0.3, 0.4) is 0 Å². The molecule has 2 aromatic rings. The first-order valence-electron chi connectivity index (χ1n) is 11.8. The Morgan fingerprint density at radius 2 is 1.61 bits per heavy atom.